The zero-order valence-electron chi connectivity index (χ0n) is 12.9. The number of amides is 1. The molecule has 0 atom stereocenters. The van der Waals surface area contributed by atoms with Crippen molar-refractivity contribution in [2.24, 2.45) is 5.73 Å². The van der Waals surface area contributed by atoms with Crippen LogP contribution < -0.4 is 15.8 Å². The Labute approximate surface area is 137 Å². The Kier molecular flexibility index (Phi) is 5.33. The van der Waals surface area contributed by atoms with Gasteiger partial charge in [0.2, 0.25) is 0 Å². The standard InChI is InChI=1S/C16H18F2N2O2S/c1-10-13(11-3-5-12(22-2)6-4-11)7-14(23-10)15(21)20-9-16(17,18)8-19/h3-7H,8-9,19H2,1-2H3,(H,20,21). The van der Waals surface area contributed by atoms with E-state index < -0.39 is 24.9 Å². The maximum atomic E-state index is 13.1. The molecule has 2 rings (SSSR count). The second-order valence-electron chi connectivity index (χ2n) is 5.05. The third-order valence-electron chi connectivity index (χ3n) is 3.35. The largest absolute Gasteiger partial charge is 0.497 e. The minimum absolute atomic E-state index is 0.390. The Morgan fingerprint density at radius 1 is 1.35 bits per heavy atom. The zero-order valence-corrected chi connectivity index (χ0v) is 13.7. The average Bonchev–Trinajstić information content (AvgIpc) is 2.94. The van der Waals surface area contributed by atoms with E-state index in [4.69, 9.17) is 10.5 Å². The van der Waals surface area contributed by atoms with Gasteiger partial charge in [-0.3, -0.25) is 4.79 Å². The van der Waals surface area contributed by atoms with E-state index in [9.17, 15) is 13.6 Å². The summed E-state index contributed by atoms with van der Waals surface area (Å²) < 4.78 is 31.3. The first-order chi connectivity index (χ1) is 10.9. The second kappa shape index (κ2) is 7.06. The van der Waals surface area contributed by atoms with Crippen molar-refractivity contribution in [1.82, 2.24) is 5.32 Å². The van der Waals surface area contributed by atoms with Gasteiger partial charge in [0.1, 0.15) is 5.75 Å². The number of methoxy groups -OCH3 is 1. The first-order valence-electron chi connectivity index (χ1n) is 6.97. The van der Waals surface area contributed by atoms with Crippen LogP contribution >= 0.6 is 11.3 Å². The fourth-order valence-corrected chi connectivity index (χ4v) is 2.98. The van der Waals surface area contributed by atoms with Crippen LogP contribution in [0.1, 0.15) is 14.5 Å². The molecule has 1 aromatic carbocycles. The van der Waals surface area contributed by atoms with E-state index in [0.717, 1.165) is 21.8 Å². The monoisotopic (exact) mass is 340 g/mol. The van der Waals surface area contributed by atoms with Crippen LogP contribution in [-0.4, -0.2) is 32.0 Å². The van der Waals surface area contributed by atoms with Crippen LogP contribution in [-0.2, 0) is 0 Å². The molecular weight excluding hydrogens is 322 g/mol. The molecule has 0 unspecified atom stereocenters. The van der Waals surface area contributed by atoms with Gasteiger partial charge in [0.05, 0.1) is 25.1 Å². The predicted octanol–water partition coefficient (Wildman–Crippen LogP) is 3.06. The number of benzene rings is 1. The van der Waals surface area contributed by atoms with Gasteiger partial charge in [-0.2, -0.15) is 0 Å². The van der Waals surface area contributed by atoms with Gasteiger partial charge >= 0.3 is 0 Å². The topological polar surface area (TPSA) is 64.3 Å². The molecule has 3 N–H and O–H groups in total. The van der Waals surface area contributed by atoms with Gasteiger partial charge in [-0.25, -0.2) is 8.78 Å². The Morgan fingerprint density at radius 3 is 2.57 bits per heavy atom. The summed E-state index contributed by atoms with van der Waals surface area (Å²) in [7, 11) is 1.59. The fourth-order valence-electron chi connectivity index (χ4n) is 2.02. The molecular formula is C16H18F2N2O2S. The van der Waals surface area contributed by atoms with Gasteiger partial charge in [-0.1, -0.05) is 12.1 Å². The summed E-state index contributed by atoms with van der Waals surface area (Å²) in [5.41, 5.74) is 6.78. The van der Waals surface area contributed by atoms with Crippen molar-refractivity contribution in [1.29, 1.82) is 0 Å². The average molecular weight is 340 g/mol. The molecule has 23 heavy (non-hydrogen) atoms. The molecule has 1 amide bonds. The number of hydrogen-bond acceptors (Lipinski definition) is 4. The predicted molar refractivity (Wildman–Crippen MR) is 87.4 cm³/mol. The van der Waals surface area contributed by atoms with E-state index in [1.165, 1.54) is 11.3 Å². The normalized spacial score (nSPS) is 11.3. The summed E-state index contributed by atoms with van der Waals surface area (Å²) in [6.07, 6.45) is 0. The second-order valence-corrected chi connectivity index (χ2v) is 6.31. The number of nitrogens with two attached hydrogens (primary N) is 1. The number of carbonyl (C=O) groups excluding carboxylic acids is 1. The molecule has 124 valence electrons. The minimum Gasteiger partial charge on any atom is -0.497 e. The number of nitrogens with one attached hydrogen (secondary N) is 1. The summed E-state index contributed by atoms with van der Waals surface area (Å²) >= 11 is 1.27. The van der Waals surface area contributed by atoms with Gasteiger partial charge in [-0.05, 0) is 36.2 Å². The summed E-state index contributed by atoms with van der Waals surface area (Å²) in [6.45, 7) is 0.320. The van der Waals surface area contributed by atoms with E-state index in [2.05, 4.69) is 5.32 Å². The maximum Gasteiger partial charge on any atom is 0.277 e. The Bertz CT molecular complexity index is 684. The van der Waals surface area contributed by atoms with E-state index in [1.807, 2.05) is 31.2 Å². The molecule has 0 bridgehead atoms. The van der Waals surface area contributed by atoms with Gasteiger partial charge in [0, 0.05) is 4.88 Å². The van der Waals surface area contributed by atoms with Crippen LogP contribution in [0.4, 0.5) is 8.78 Å². The quantitative estimate of drug-likeness (QED) is 0.849. The molecule has 1 aromatic heterocycles. The minimum atomic E-state index is -3.10. The molecule has 0 aliphatic carbocycles. The molecule has 7 heteroatoms. The highest BCUT2D eigenvalue weighted by molar-refractivity contribution is 7.14. The highest BCUT2D eigenvalue weighted by Gasteiger charge is 2.27. The lowest BCUT2D eigenvalue weighted by atomic mass is 10.1. The van der Waals surface area contributed by atoms with Gasteiger partial charge in [0.15, 0.2) is 0 Å². The lowest BCUT2D eigenvalue weighted by Gasteiger charge is -2.13. The lowest BCUT2D eigenvalue weighted by Crippen LogP contribution is -2.41. The molecule has 0 aliphatic rings. The molecule has 0 fully saturated rings. The molecule has 0 spiro atoms. The first kappa shape index (κ1) is 17.4. The zero-order chi connectivity index (χ0) is 17.0. The molecule has 0 radical (unpaired) electrons. The molecule has 4 nitrogen and oxygen atoms in total. The third kappa shape index (κ3) is 4.27. The number of rotatable bonds is 6. The number of halogens is 2. The lowest BCUT2D eigenvalue weighted by molar-refractivity contribution is 0.0119. The SMILES string of the molecule is COc1ccc(-c2cc(C(=O)NCC(F)(F)CN)sc2C)cc1. The number of aryl methyl sites for hydroxylation is 1. The summed E-state index contributed by atoms with van der Waals surface area (Å²) in [5.74, 6) is -2.88. The number of alkyl halides is 2. The van der Waals surface area contributed by atoms with Crippen LogP contribution in [0, 0.1) is 6.92 Å². The number of ether oxygens (including phenoxy) is 1. The molecule has 0 saturated carbocycles. The first-order valence-corrected chi connectivity index (χ1v) is 7.79. The van der Waals surface area contributed by atoms with Crippen LogP contribution in [0.3, 0.4) is 0 Å². The summed E-state index contributed by atoms with van der Waals surface area (Å²) in [4.78, 5) is 13.3. The fraction of sp³-hybridized carbons (Fsp3) is 0.312. The van der Waals surface area contributed by atoms with E-state index >= 15 is 0 Å². The third-order valence-corrected chi connectivity index (χ3v) is 4.40. The van der Waals surface area contributed by atoms with Crippen LogP contribution in [0.15, 0.2) is 30.3 Å². The van der Waals surface area contributed by atoms with Crippen LogP contribution in [0.2, 0.25) is 0 Å². The maximum absolute atomic E-state index is 13.1. The van der Waals surface area contributed by atoms with Gasteiger partial charge in [0.25, 0.3) is 11.8 Å². The summed E-state index contributed by atoms with van der Waals surface area (Å²) in [5, 5.41) is 2.22. The number of carbonyl (C=O) groups is 1. The molecule has 0 saturated heterocycles. The van der Waals surface area contributed by atoms with Crippen LogP contribution in [0.5, 0.6) is 5.75 Å². The highest BCUT2D eigenvalue weighted by Crippen LogP contribution is 2.32. The Hall–Kier alpha value is -1.99. The van der Waals surface area contributed by atoms with Crippen molar-refractivity contribution in [2.75, 3.05) is 20.2 Å². The summed E-state index contributed by atoms with van der Waals surface area (Å²) in [6, 6.07) is 9.13. The van der Waals surface area contributed by atoms with Gasteiger partial charge in [-0.15, -0.1) is 11.3 Å². The molecule has 0 aliphatic heterocycles. The van der Waals surface area contributed by atoms with Crippen molar-refractivity contribution in [3.05, 3.63) is 40.1 Å². The highest BCUT2D eigenvalue weighted by atomic mass is 32.1. The Morgan fingerprint density at radius 2 is 2.00 bits per heavy atom. The number of hydrogen-bond donors (Lipinski definition) is 2. The molecule has 1 heterocycles. The van der Waals surface area contributed by atoms with Gasteiger partial charge < -0.3 is 15.8 Å². The van der Waals surface area contributed by atoms with Crippen molar-refractivity contribution >= 4 is 17.2 Å². The van der Waals surface area contributed by atoms with Crippen molar-refractivity contribution in [3.8, 4) is 16.9 Å². The van der Waals surface area contributed by atoms with E-state index in [0.29, 0.717) is 4.88 Å². The van der Waals surface area contributed by atoms with E-state index in [-0.39, 0.29) is 0 Å². The van der Waals surface area contributed by atoms with Crippen molar-refractivity contribution in [3.63, 3.8) is 0 Å². The van der Waals surface area contributed by atoms with Crippen LogP contribution in [0.25, 0.3) is 11.1 Å². The smallest absolute Gasteiger partial charge is 0.277 e. The van der Waals surface area contributed by atoms with Crippen molar-refractivity contribution in [2.45, 2.75) is 12.8 Å². The Balaban J connectivity index is 2.15. The van der Waals surface area contributed by atoms with E-state index in [1.54, 1.807) is 13.2 Å². The molecule has 2 aromatic rings. The number of thiophene rings is 1. The van der Waals surface area contributed by atoms with Crippen molar-refractivity contribution < 1.29 is 18.3 Å².